The number of halogens is 3. The van der Waals surface area contributed by atoms with Crippen molar-refractivity contribution < 1.29 is 17.7 Å². The zero-order valence-corrected chi connectivity index (χ0v) is 20.5. The van der Waals surface area contributed by atoms with Crippen LogP contribution in [0.15, 0.2) is 61.0 Å². The normalized spacial score (nSPS) is 12.2. The van der Waals surface area contributed by atoms with Crippen LogP contribution in [0.5, 0.6) is 0 Å². The summed E-state index contributed by atoms with van der Waals surface area (Å²) >= 11 is 6.07. The average molecular weight is 525 g/mol. The molecule has 0 spiro atoms. The number of aromatic amines is 1. The van der Waals surface area contributed by atoms with E-state index in [2.05, 4.69) is 25.0 Å². The van der Waals surface area contributed by atoms with Crippen LogP contribution in [0.2, 0.25) is 5.15 Å². The Labute approximate surface area is 212 Å². The molecule has 2 N–H and O–H groups in total. The molecule has 11 heteroatoms. The van der Waals surface area contributed by atoms with Crippen LogP contribution in [0, 0.1) is 25.5 Å². The summed E-state index contributed by atoms with van der Waals surface area (Å²) in [7, 11) is 0. The lowest BCUT2D eigenvalue weighted by Crippen LogP contribution is -2.13. The fourth-order valence-corrected chi connectivity index (χ4v) is 4.32. The smallest absolute Gasteiger partial charge is 0.439 e. The Bertz CT molecular complexity index is 1790. The second-order valence-electron chi connectivity index (χ2n) is 8.58. The van der Waals surface area contributed by atoms with Crippen LogP contribution in [-0.2, 0) is 0 Å². The average Bonchev–Trinajstić information content (AvgIpc) is 3.30. The lowest BCUT2D eigenvalue weighted by Gasteiger charge is -2.20. The van der Waals surface area contributed by atoms with Crippen LogP contribution in [-0.4, -0.2) is 15.1 Å². The van der Waals surface area contributed by atoms with Gasteiger partial charge in [0.05, 0.1) is 17.1 Å². The molecule has 188 valence electrons. The number of pyridine rings is 1. The third-order valence-electron chi connectivity index (χ3n) is 5.94. The molecular weight excluding hydrogens is 506 g/mol. The van der Waals surface area contributed by atoms with Crippen molar-refractivity contribution in [3.63, 3.8) is 0 Å². The number of hydrogen-bond acceptors (Lipinski definition) is 7. The topological polar surface area (TPSA) is 114 Å². The van der Waals surface area contributed by atoms with Gasteiger partial charge in [-0.2, -0.15) is 0 Å². The molecule has 8 nitrogen and oxygen atoms in total. The predicted octanol–water partition coefficient (Wildman–Crippen LogP) is 5.92. The van der Waals surface area contributed by atoms with E-state index in [1.807, 2.05) is 19.9 Å². The standard InChI is InChI=1S/C26H19ClF2N4O4/c1-11-8-15(13(3)30-19-6-7-20(27)31-21(19)25-32-26(35)37-33-25)24-16(9-11)22(34)12(2)23(36-24)14-4-5-17(28)18(29)10-14/h4-10,13,30H,1-3H3,(H,32,33,35)/t13-/m1/s1. The first kappa shape index (κ1) is 24.4. The summed E-state index contributed by atoms with van der Waals surface area (Å²) in [4.78, 5) is 31.5. The summed E-state index contributed by atoms with van der Waals surface area (Å²) in [6.45, 7) is 5.27. The monoisotopic (exact) mass is 524 g/mol. The van der Waals surface area contributed by atoms with E-state index < -0.39 is 23.4 Å². The van der Waals surface area contributed by atoms with E-state index in [1.165, 1.54) is 6.07 Å². The van der Waals surface area contributed by atoms with Gasteiger partial charge in [0.2, 0.25) is 5.82 Å². The maximum atomic E-state index is 14.0. The van der Waals surface area contributed by atoms with Crippen molar-refractivity contribution in [1.82, 2.24) is 15.1 Å². The highest BCUT2D eigenvalue weighted by Gasteiger charge is 2.21. The molecule has 3 heterocycles. The lowest BCUT2D eigenvalue weighted by atomic mass is 9.98. The molecule has 5 rings (SSSR count). The number of nitrogens with zero attached hydrogens (tertiary/aromatic N) is 2. The van der Waals surface area contributed by atoms with Crippen LogP contribution in [0.25, 0.3) is 33.8 Å². The van der Waals surface area contributed by atoms with Crippen LogP contribution in [0.1, 0.15) is 29.7 Å². The van der Waals surface area contributed by atoms with Crippen molar-refractivity contribution in [1.29, 1.82) is 0 Å². The molecule has 0 saturated heterocycles. The maximum Gasteiger partial charge on any atom is 0.439 e. The molecule has 0 aliphatic carbocycles. The number of rotatable bonds is 5. The Kier molecular flexibility index (Phi) is 6.12. The number of aromatic nitrogens is 3. The van der Waals surface area contributed by atoms with Gasteiger partial charge in [0.15, 0.2) is 17.1 Å². The number of hydrogen-bond donors (Lipinski definition) is 2. The van der Waals surface area contributed by atoms with Gasteiger partial charge in [0.1, 0.15) is 22.2 Å². The van der Waals surface area contributed by atoms with Crippen molar-refractivity contribution in [2.75, 3.05) is 5.32 Å². The maximum absolute atomic E-state index is 14.0. The molecule has 0 fully saturated rings. The number of anilines is 1. The molecule has 2 aromatic carbocycles. The summed E-state index contributed by atoms with van der Waals surface area (Å²) in [6.07, 6.45) is 0. The van der Waals surface area contributed by atoms with Crippen molar-refractivity contribution in [3.05, 3.63) is 96.7 Å². The molecule has 37 heavy (non-hydrogen) atoms. The summed E-state index contributed by atoms with van der Waals surface area (Å²) in [5.74, 6) is -2.57. The minimum Gasteiger partial charge on any atom is -0.455 e. The minimum atomic E-state index is -1.05. The molecular formula is C26H19ClF2N4O4. The highest BCUT2D eigenvalue weighted by Crippen LogP contribution is 2.34. The Balaban J connectivity index is 1.65. The first-order chi connectivity index (χ1) is 17.6. The summed E-state index contributed by atoms with van der Waals surface area (Å²) < 4.78 is 38.3. The number of aryl methyl sites for hydroxylation is 1. The summed E-state index contributed by atoms with van der Waals surface area (Å²) in [5.41, 5.74) is 2.69. The van der Waals surface area contributed by atoms with Crippen molar-refractivity contribution in [3.8, 4) is 22.8 Å². The molecule has 1 atom stereocenters. The van der Waals surface area contributed by atoms with E-state index in [4.69, 9.17) is 16.0 Å². The Morgan fingerprint density at radius 1 is 1.05 bits per heavy atom. The van der Waals surface area contributed by atoms with Gasteiger partial charge in [-0.15, -0.1) is 0 Å². The van der Waals surface area contributed by atoms with Gasteiger partial charge in [0.25, 0.3) is 0 Å². The third kappa shape index (κ3) is 4.51. The molecule has 0 amide bonds. The quantitative estimate of drug-likeness (QED) is 0.274. The molecule has 0 aliphatic rings. The largest absolute Gasteiger partial charge is 0.455 e. The Hall–Kier alpha value is -4.31. The van der Waals surface area contributed by atoms with Crippen molar-refractivity contribution in [2.45, 2.75) is 26.8 Å². The molecule has 0 saturated carbocycles. The zero-order chi connectivity index (χ0) is 26.4. The van der Waals surface area contributed by atoms with Crippen LogP contribution in [0.3, 0.4) is 0 Å². The van der Waals surface area contributed by atoms with E-state index in [1.54, 1.807) is 25.1 Å². The number of nitrogens with one attached hydrogen (secondary N) is 2. The second kappa shape index (κ2) is 9.29. The van der Waals surface area contributed by atoms with Gasteiger partial charge < -0.3 is 9.73 Å². The van der Waals surface area contributed by atoms with Gasteiger partial charge in [-0.05, 0) is 62.7 Å². The van der Waals surface area contributed by atoms with Gasteiger partial charge >= 0.3 is 5.76 Å². The van der Waals surface area contributed by atoms with E-state index in [9.17, 15) is 18.4 Å². The summed E-state index contributed by atoms with van der Waals surface area (Å²) in [5, 5.41) is 7.51. The molecule has 0 radical (unpaired) electrons. The molecule has 0 unspecified atom stereocenters. The number of benzene rings is 2. The van der Waals surface area contributed by atoms with Crippen LogP contribution in [0.4, 0.5) is 14.5 Å². The van der Waals surface area contributed by atoms with Crippen molar-refractivity contribution in [2.24, 2.45) is 0 Å². The lowest BCUT2D eigenvalue weighted by molar-refractivity contribution is 0.388. The predicted molar refractivity (Wildman–Crippen MR) is 135 cm³/mol. The second-order valence-corrected chi connectivity index (χ2v) is 8.97. The SMILES string of the molecule is Cc1cc([C@@H](C)Nc2ccc(Cl)nc2-c2noc(=O)[nH]2)c2oc(-c3ccc(F)c(F)c3)c(C)c(=O)c2c1. The first-order valence-corrected chi connectivity index (χ1v) is 11.5. The highest BCUT2D eigenvalue weighted by molar-refractivity contribution is 6.29. The van der Waals surface area contributed by atoms with E-state index in [0.717, 1.165) is 17.7 Å². The minimum absolute atomic E-state index is 0.0825. The summed E-state index contributed by atoms with van der Waals surface area (Å²) in [6, 6.07) is 9.69. The molecule has 3 aromatic heterocycles. The van der Waals surface area contributed by atoms with E-state index in [0.29, 0.717) is 22.2 Å². The van der Waals surface area contributed by atoms with Crippen LogP contribution < -0.4 is 16.5 Å². The van der Waals surface area contributed by atoms with E-state index in [-0.39, 0.29) is 39.0 Å². The highest BCUT2D eigenvalue weighted by atomic mass is 35.5. The number of H-pyrrole nitrogens is 1. The van der Waals surface area contributed by atoms with Crippen molar-refractivity contribution >= 4 is 28.3 Å². The van der Waals surface area contributed by atoms with Gasteiger partial charge in [0, 0.05) is 16.7 Å². The van der Waals surface area contributed by atoms with Gasteiger partial charge in [-0.1, -0.05) is 22.8 Å². The number of fused-ring (bicyclic) bond motifs is 1. The third-order valence-corrected chi connectivity index (χ3v) is 6.15. The first-order valence-electron chi connectivity index (χ1n) is 11.1. The molecule has 0 bridgehead atoms. The fraction of sp³-hybridized carbons (Fsp3) is 0.154. The molecule has 5 aromatic rings. The van der Waals surface area contributed by atoms with E-state index >= 15 is 0 Å². The van der Waals surface area contributed by atoms with Gasteiger partial charge in [-0.3, -0.25) is 14.3 Å². The van der Waals surface area contributed by atoms with Gasteiger partial charge in [-0.25, -0.2) is 18.6 Å². The fourth-order valence-electron chi connectivity index (χ4n) is 4.18. The Morgan fingerprint density at radius 2 is 1.84 bits per heavy atom. The molecule has 0 aliphatic heterocycles. The van der Waals surface area contributed by atoms with Crippen LogP contribution >= 0.6 is 11.6 Å². The zero-order valence-electron chi connectivity index (χ0n) is 19.8. The Morgan fingerprint density at radius 3 is 2.54 bits per heavy atom.